The number of hydrogen-bond donors (Lipinski definition) is 0. The third-order valence-corrected chi connectivity index (χ3v) is 4.43. The zero-order valence-corrected chi connectivity index (χ0v) is 12.0. The van der Waals surface area contributed by atoms with Gasteiger partial charge in [-0.25, -0.2) is 19.9 Å². The van der Waals surface area contributed by atoms with E-state index >= 15 is 0 Å². The lowest BCUT2D eigenvalue weighted by molar-refractivity contribution is 0.894. The summed E-state index contributed by atoms with van der Waals surface area (Å²) in [6.45, 7) is 0. The normalized spacial score (nSPS) is 16.6. The smallest absolute Gasteiger partial charge is 0.131 e. The van der Waals surface area contributed by atoms with E-state index in [0.29, 0.717) is 5.92 Å². The van der Waals surface area contributed by atoms with Crippen molar-refractivity contribution in [3.05, 3.63) is 65.6 Å². The van der Waals surface area contributed by atoms with E-state index in [4.69, 9.17) is 4.98 Å². The molecule has 22 heavy (non-hydrogen) atoms. The van der Waals surface area contributed by atoms with E-state index in [0.717, 1.165) is 28.8 Å². The molecule has 3 aromatic rings. The maximum absolute atomic E-state index is 4.77. The summed E-state index contributed by atoms with van der Waals surface area (Å²) < 4.78 is 0. The summed E-state index contributed by atoms with van der Waals surface area (Å²) in [6.07, 6.45) is 11.1. The summed E-state index contributed by atoms with van der Waals surface area (Å²) >= 11 is 0. The van der Waals surface area contributed by atoms with Crippen molar-refractivity contribution in [3.8, 4) is 0 Å². The predicted octanol–water partition coefficient (Wildman–Crippen LogP) is 3.53. The molecule has 0 amide bonds. The highest BCUT2D eigenvalue weighted by atomic mass is 14.9. The average molecular weight is 288 g/mol. The minimum Gasteiger partial charge on any atom is -0.244 e. The molecular weight excluding hydrogens is 272 g/mol. The van der Waals surface area contributed by atoms with Gasteiger partial charge in [0.2, 0.25) is 0 Å². The first-order valence-corrected chi connectivity index (χ1v) is 7.65. The highest BCUT2D eigenvalue weighted by molar-refractivity contribution is 5.89. The molecule has 1 aromatic carbocycles. The topological polar surface area (TPSA) is 51.6 Å². The number of fused-ring (bicyclic) bond motifs is 2. The van der Waals surface area contributed by atoms with Gasteiger partial charge >= 0.3 is 0 Å². The lowest BCUT2D eigenvalue weighted by Crippen LogP contribution is -1.99. The molecule has 0 bridgehead atoms. The summed E-state index contributed by atoms with van der Waals surface area (Å²) in [5.41, 5.74) is 5.71. The molecule has 0 saturated heterocycles. The molecule has 0 atom stereocenters. The zero-order chi connectivity index (χ0) is 14.5. The van der Waals surface area contributed by atoms with Crippen LogP contribution in [0.1, 0.15) is 42.8 Å². The second-order valence-corrected chi connectivity index (χ2v) is 5.98. The summed E-state index contributed by atoms with van der Waals surface area (Å²) in [4.78, 5) is 17.7. The average Bonchev–Trinajstić information content (AvgIpc) is 3.34. The molecule has 0 spiro atoms. The summed E-state index contributed by atoms with van der Waals surface area (Å²) in [5, 5.41) is 1.06. The standard InChI is InChI=1S/C18H14N4.H2/c1-2-11(1)18-20-9-15-14(4-6-17(15)22-18)12-3-5-16-13(7-12)8-19-10-21-16;/h3-5,7-11H,1-2,6H2;1H. The Balaban J connectivity index is 0.00000135. The van der Waals surface area contributed by atoms with Crippen molar-refractivity contribution in [1.82, 2.24) is 19.9 Å². The van der Waals surface area contributed by atoms with Gasteiger partial charge in [-0.1, -0.05) is 12.1 Å². The number of hydrogen-bond acceptors (Lipinski definition) is 4. The lowest BCUT2D eigenvalue weighted by Gasteiger charge is -2.07. The van der Waals surface area contributed by atoms with Crippen LogP contribution in [0.3, 0.4) is 0 Å². The molecule has 0 aliphatic heterocycles. The van der Waals surface area contributed by atoms with Crippen LogP contribution in [-0.4, -0.2) is 19.9 Å². The van der Waals surface area contributed by atoms with Gasteiger partial charge in [0.15, 0.2) is 0 Å². The van der Waals surface area contributed by atoms with Crippen LogP contribution in [0, 0.1) is 0 Å². The lowest BCUT2D eigenvalue weighted by atomic mass is 10.0. The highest BCUT2D eigenvalue weighted by Crippen LogP contribution is 2.39. The van der Waals surface area contributed by atoms with Crippen molar-refractivity contribution >= 4 is 16.5 Å². The molecule has 108 valence electrons. The van der Waals surface area contributed by atoms with Gasteiger partial charge in [-0.3, -0.25) is 0 Å². The van der Waals surface area contributed by atoms with E-state index in [1.54, 1.807) is 6.33 Å². The Morgan fingerprint density at radius 3 is 2.95 bits per heavy atom. The molecule has 2 aliphatic carbocycles. The minimum absolute atomic E-state index is 0. The van der Waals surface area contributed by atoms with E-state index in [-0.39, 0.29) is 1.43 Å². The number of nitrogens with zero attached hydrogens (tertiary/aromatic N) is 4. The van der Waals surface area contributed by atoms with Crippen molar-refractivity contribution in [1.29, 1.82) is 0 Å². The molecule has 1 saturated carbocycles. The maximum Gasteiger partial charge on any atom is 0.131 e. The van der Waals surface area contributed by atoms with Crippen molar-refractivity contribution in [2.45, 2.75) is 25.2 Å². The van der Waals surface area contributed by atoms with E-state index in [9.17, 15) is 0 Å². The quantitative estimate of drug-likeness (QED) is 0.724. The van der Waals surface area contributed by atoms with Gasteiger partial charge in [-0.15, -0.1) is 0 Å². The molecule has 2 aliphatic rings. The van der Waals surface area contributed by atoms with Gasteiger partial charge in [0.25, 0.3) is 0 Å². The number of aromatic nitrogens is 4. The van der Waals surface area contributed by atoms with Gasteiger partial charge in [-0.05, 0) is 36.1 Å². The molecule has 2 heterocycles. The molecular formula is C18H16N4. The fourth-order valence-electron chi connectivity index (χ4n) is 3.09. The Morgan fingerprint density at radius 2 is 2.05 bits per heavy atom. The first kappa shape index (κ1) is 12.0. The fraction of sp³-hybridized carbons (Fsp3) is 0.222. The molecule has 4 nitrogen and oxygen atoms in total. The first-order valence-electron chi connectivity index (χ1n) is 7.65. The Bertz CT molecular complexity index is 931. The van der Waals surface area contributed by atoms with Gasteiger partial charge in [0, 0.05) is 37.1 Å². The molecule has 0 N–H and O–H groups in total. The Hall–Kier alpha value is -2.62. The Morgan fingerprint density at radius 1 is 1.09 bits per heavy atom. The second-order valence-electron chi connectivity index (χ2n) is 5.98. The third kappa shape index (κ3) is 1.84. The largest absolute Gasteiger partial charge is 0.244 e. The van der Waals surface area contributed by atoms with E-state index in [2.05, 4.69) is 33.2 Å². The van der Waals surface area contributed by atoms with E-state index < -0.39 is 0 Å². The van der Waals surface area contributed by atoms with Gasteiger partial charge < -0.3 is 0 Å². The number of allylic oxidation sites excluding steroid dienone is 1. The summed E-state index contributed by atoms with van der Waals surface area (Å²) in [7, 11) is 0. The van der Waals surface area contributed by atoms with E-state index in [1.165, 1.54) is 29.5 Å². The van der Waals surface area contributed by atoms with Crippen molar-refractivity contribution in [3.63, 3.8) is 0 Å². The van der Waals surface area contributed by atoms with Crippen LogP contribution >= 0.6 is 0 Å². The number of rotatable bonds is 2. The van der Waals surface area contributed by atoms with Crippen LogP contribution in [0.15, 0.2) is 43.0 Å². The Kier molecular flexibility index (Phi) is 2.41. The summed E-state index contributed by atoms with van der Waals surface area (Å²) in [5.74, 6) is 1.63. The van der Waals surface area contributed by atoms with Crippen molar-refractivity contribution < 1.29 is 1.43 Å². The van der Waals surface area contributed by atoms with Gasteiger partial charge in [0.05, 0.1) is 11.2 Å². The molecule has 1 fully saturated rings. The van der Waals surface area contributed by atoms with Crippen LogP contribution < -0.4 is 0 Å². The van der Waals surface area contributed by atoms with Gasteiger partial charge in [-0.2, -0.15) is 0 Å². The third-order valence-electron chi connectivity index (χ3n) is 4.43. The fourth-order valence-corrected chi connectivity index (χ4v) is 3.09. The molecule has 4 heteroatoms. The molecule has 5 rings (SSSR count). The first-order chi connectivity index (χ1) is 10.9. The summed E-state index contributed by atoms with van der Waals surface area (Å²) in [6, 6.07) is 6.31. The van der Waals surface area contributed by atoms with Crippen LogP contribution in [0.5, 0.6) is 0 Å². The second kappa shape index (κ2) is 4.44. The molecule has 2 aromatic heterocycles. The van der Waals surface area contributed by atoms with Crippen molar-refractivity contribution in [2.24, 2.45) is 0 Å². The SMILES string of the molecule is C1=C(c2ccc3ncncc3c2)c2cnc(C3CC3)nc2C1.[HH]. The number of benzene rings is 1. The highest BCUT2D eigenvalue weighted by Gasteiger charge is 2.28. The molecule has 0 radical (unpaired) electrons. The zero-order valence-electron chi connectivity index (χ0n) is 12.0. The van der Waals surface area contributed by atoms with Crippen LogP contribution in [0.2, 0.25) is 0 Å². The maximum atomic E-state index is 4.77. The van der Waals surface area contributed by atoms with Gasteiger partial charge in [0.1, 0.15) is 12.2 Å². The monoisotopic (exact) mass is 288 g/mol. The minimum atomic E-state index is 0. The van der Waals surface area contributed by atoms with E-state index in [1.807, 2.05) is 18.5 Å². The van der Waals surface area contributed by atoms with Crippen LogP contribution in [0.25, 0.3) is 16.5 Å². The molecule has 0 unspecified atom stereocenters. The Labute approximate surface area is 129 Å². The van der Waals surface area contributed by atoms with Crippen molar-refractivity contribution in [2.75, 3.05) is 0 Å². The van der Waals surface area contributed by atoms with Crippen LogP contribution in [-0.2, 0) is 6.42 Å². The van der Waals surface area contributed by atoms with Crippen LogP contribution in [0.4, 0.5) is 0 Å². The predicted molar refractivity (Wildman–Crippen MR) is 86.4 cm³/mol.